The van der Waals surface area contributed by atoms with Crippen LogP contribution in [0.15, 0.2) is 23.1 Å². The normalized spacial score (nSPS) is 22.2. The molecule has 1 aliphatic rings. The Bertz CT molecular complexity index is 653. The van der Waals surface area contributed by atoms with Gasteiger partial charge in [-0.15, -0.1) is 0 Å². The number of benzene rings is 1. The fraction of sp³-hybridized carbons (Fsp3) is 0.500. The molecule has 0 saturated carbocycles. The second-order valence-electron chi connectivity index (χ2n) is 5.13. The van der Waals surface area contributed by atoms with Crippen molar-refractivity contribution in [3.05, 3.63) is 28.3 Å². The first-order chi connectivity index (χ1) is 9.79. The van der Waals surface area contributed by atoms with Crippen molar-refractivity contribution >= 4 is 21.4 Å². The van der Waals surface area contributed by atoms with E-state index in [4.69, 9.17) is 4.74 Å². The lowest BCUT2D eigenvalue weighted by atomic mass is 10.0. The van der Waals surface area contributed by atoms with Crippen LogP contribution in [0.5, 0.6) is 0 Å². The second kappa shape index (κ2) is 5.58. The molecule has 9 heteroatoms. The lowest BCUT2D eigenvalue weighted by Crippen LogP contribution is -2.46. The topological polar surface area (TPSA) is 111 Å². The fourth-order valence-electron chi connectivity index (χ4n) is 2.26. The second-order valence-corrected chi connectivity index (χ2v) is 6.78. The van der Waals surface area contributed by atoms with Crippen molar-refractivity contribution in [1.29, 1.82) is 0 Å². The summed E-state index contributed by atoms with van der Waals surface area (Å²) in [5.74, 6) is 0. The summed E-state index contributed by atoms with van der Waals surface area (Å²) in [6.45, 7) is 2.41. The number of nitrogens with zero attached hydrogens (tertiary/aromatic N) is 1. The van der Waals surface area contributed by atoms with E-state index in [1.54, 1.807) is 6.92 Å². The number of hydrogen-bond acceptors (Lipinski definition) is 6. The number of anilines is 1. The Balaban J connectivity index is 2.47. The summed E-state index contributed by atoms with van der Waals surface area (Å²) in [4.78, 5) is 10.2. The van der Waals surface area contributed by atoms with Gasteiger partial charge in [0, 0.05) is 13.7 Å². The number of sulfonamides is 1. The first-order valence-corrected chi connectivity index (χ1v) is 7.84. The van der Waals surface area contributed by atoms with Crippen LogP contribution in [-0.2, 0) is 14.8 Å². The van der Waals surface area contributed by atoms with E-state index in [-0.39, 0.29) is 17.2 Å². The maximum Gasteiger partial charge on any atom is 0.312 e. The van der Waals surface area contributed by atoms with Crippen molar-refractivity contribution in [3.8, 4) is 0 Å². The van der Waals surface area contributed by atoms with Gasteiger partial charge in [0.25, 0.3) is 0 Å². The van der Waals surface area contributed by atoms with Crippen molar-refractivity contribution in [1.82, 2.24) is 4.72 Å². The molecule has 1 unspecified atom stereocenters. The molecule has 1 aliphatic heterocycles. The fourth-order valence-corrected chi connectivity index (χ4v) is 3.87. The molecule has 0 aromatic heterocycles. The number of hydrogen-bond donors (Lipinski definition) is 2. The summed E-state index contributed by atoms with van der Waals surface area (Å²) in [5.41, 5.74) is -1.06. The molecule has 116 valence electrons. The van der Waals surface area contributed by atoms with Crippen LogP contribution in [0.3, 0.4) is 0 Å². The van der Waals surface area contributed by atoms with Crippen LogP contribution < -0.4 is 10.0 Å². The summed E-state index contributed by atoms with van der Waals surface area (Å²) in [7, 11) is -2.52. The zero-order valence-corrected chi connectivity index (χ0v) is 12.6. The van der Waals surface area contributed by atoms with Crippen molar-refractivity contribution in [2.24, 2.45) is 0 Å². The zero-order chi connectivity index (χ0) is 15.7. The standard InChI is InChI=1S/C12H17N3O5S/c1-12(6-7-20-8-12)14-21(18,19)10-5-3-4-9(13-2)11(10)15(16)17/h3-5,13-14H,6-8H2,1-2H3. The van der Waals surface area contributed by atoms with Crippen LogP contribution in [0.4, 0.5) is 11.4 Å². The van der Waals surface area contributed by atoms with E-state index in [2.05, 4.69) is 10.0 Å². The van der Waals surface area contributed by atoms with Crippen LogP contribution in [0.2, 0.25) is 0 Å². The molecule has 1 heterocycles. The van der Waals surface area contributed by atoms with E-state index in [0.717, 1.165) is 0 Å². The maximum atomic E-state index is 12.5. The van der Waals surface area contributed by atoms with Gasteiger partial charge < -0.3 is 10.1 Å². The molecule has 1 atom stereocenters. The van der Waals surface area contributed by atoms with Gasteiger partial charge >= 0.3 is 5.69 Å². The summed E-state index contributed by atoms with van der Waals surface area (Å²) >= 11 is 0. The number of nitrogens with one attached hydrogen (secondary N) is 2. The Labute approximate surface area is 122 Å². The number of para-hydroxylation sites is 1. The van der Waals surface area contributed by atoms with Crippen LogP contribution in [0.25, 0.3) is 0 Å². The summed E-state index contributed by atoms with van der Waals surface area (Å²) < 4.78 is 32.7. The Hall–Kier alpha value is -1.71. The van der Waals surface area contributed by atoms with Crippen LogP contribution in [-0.4, -0.2) is 39.1 Å². The maximum absolute atomic E-state index is 12.5. The quantitative estimate of drug-likeness (QED) is 0.621. The molecule has 0 spiro atoms. The predicted octanol–water partition coefficient (Wildman–Crippen LogP) is 1.09. The van der Waals surface area contributed by atoms with Crippen molar-refractivity contribution in [3.63, 3.8) is 0 Å². The summed E-state index contributed by atoms with van der Waals surface area (Å²) in [6, 6.07) is 4.14. The van der Waals surface area contributed by atoms with Gasteiger partial charge in [-0.2, -0.15) is 0 Å². The van der Waals surface area contributed by atoms with E-state index < -0.39 is 26.2 Å². The van der Waals surface area contributed by atoms with E-state index in [1.165, 1.54) is 25.2 Å². The van der Waals surface area contributed by atoms with Crippen LogP contribution in [0.1, 0.15) is 13.3 Å². The molecule has 21 heavy (non-hydrogen) atoms. The lowest BCUT2D eigenvalue weighted by Gasteiger charge is -2.23. The van der Waals surface area contributed by atoms with Crippen molar-refractivity contribution in [2.75, 3.05) is 25.6 Å². The third-order valence-electron chi connectivity index (χ3n) is 3.34. The summed E-state index contributed by atoms with van der Waals surface area (Å²) in [5, 5.41) is 13.8. The Morgan fingerprint density at radius 2 is 2.14 bits per heavy atom. The van der Waals surface area contributed by atoms with Crippen molar-refractivity contribution < 1.29 is 18.1 Å². The van der Waals surface area contributed by atoms with E-state index in [9.17, 15) is 18.5 Å². The highest BCUT2D eigenvalue weighted by Gasteiger charge is 2.37. The van der Waals surface area contributed by atoms with Crippen LogP contribution in [0, 0.1) is 10.1 Å². The van der Waals surface area contributed by atoms with Gasteiger partial charge in [0.05, 0.1) is 17.1 Å². The number of nitro benzene ring substituents is 1. The Kier molecular flexibility index (Phi) is 4.17. The molecule has 0 aliphatic carbocycles. The Morgan fingerprint density at radius 3 is 2.67 bits per heavy atom. The van der Waals surface area contributed by atoms with E-state index >= 15 is 0 Å². The monoisotopic (exact) mass is 315 g/mol. The highest BCUT2D eigenvalue weighted by Crippen LogP contribution is 2.32. The van der Waals surface area contributed by atoms with Gasteiger partial charge in [-0.1, -0.05) is 6.07 Å². The predicted molar refractivity (Wildman–Crippen MR) is 76.8 cm³/mol. The smallest absolute Gasteiger partial charge is 0.312 e. The third kappa shape index (κ3) is 3.14. The molecule has 0 bridgehead atoms. The molecule has 8 nitrogen and oxygen atoms in total. The van der Waals surface area contributed by atoms with Gasteiger partial charge in [-0.05, 0) is 25.5 Å². The molecule has 1 aromatic rings. The first-order valence-electron chi connectivity index (χ1n) is 6.36. The molecule has 2 N–H and O–H groups in total. The number of rotatable bonds is 5. The zero-order valence-electron chi connectivity index (χ0n) is 11.8. The average Bonchev–Trinajstić information content (AvgIpc) is 2.83. The van der Waals surface area contributed by atoms with Gasteiger partial charge in [0.1, 0.15) is 5.69 Å². The minimum absolute atomic E-state index is 0.149. The molecule has 1 saturated heterocycles. The lowest BCUT2D eigenvalue weighted by molar-refractivity contribution is -0.386. The molecular formula is C12H17N3O5S. The minimum atomic E-state index is -4.02. The highest BCUT2D eigenvalue weighted by molar-refractivity contribution is 7.89. The third-order valence-corrected chi connectivity index (χ3v) is 5.01. The number of nitro groups is 1. The Morgan fingerprint density at radius 1 is 1.43 bits per heavy atom. The molecule has 0 radical (unpaired) electrons. The van der Waals surface area contributed by atoms with Crippen LogP contribution >= 0.6 is 0 Å². The highest BCUT2D eigenvalue weighted by atomic mass is 32.2. The molecule has 1 fully saturated rings. The van der Waals surface area contributed by atoms with Gasteiger partial charge in [-0.3, -0.25) is 10.1 Å². The average molecular weight is 315 g/mol. The van der Waals surface area contributed by atoms with Gasteiger partial charge in [0.2, 0.25) is 10.0 Å². The van der Waals surface area contributed by atoms with E-state index in [0.29, 0.717) is 13.0 Å². The minimum Gasteiger partial charge on any atom is -0.383 e. The molecular weight excluding hydrogens is 298 g/mol. The van der Waals surface area contributed by atoms with E-state index in [1.807, 2.05) is 0 Å². The molecule has 2 rings (SSSR count). The molecule has 1 aromatic carbocycles. The van der Waals surface area contributed by atoms with Gasteiger partial charge in [-0.25, -0.2) is 13.1 Å². The number of ether oxygens (including phenoxy) is 1. The first kappa shape index (κ1) is 15.7. The SMILES string of the molecule is CNc1cccc(S(=O)(=O)NC2(C)CCOC2)c1[N+](=O)[O-]. The molecule has 0 amide bonds. The van der Waals surface area contributed by atoms with Crippen molar-refractivity contribution in [2.45, 2.75) is 23.8 Å². The summed E-state index contributed by atoms with van der Waals surface area (Å²) in [6.07, 6.45) is 0.520. The van der Waals surface area contributed by atoms with Gasteiger partial charge in [0.15, 0.2) is 4.90 Å². The largest absolute Gasteiger partial charge is 0.383 e.